The highest BCUT2D eigenvalue weighted by Crippen LogP contribution is 2.29. The lowest BCUT2D eigenvalue weighted by atomic mass is 10.1. The lowest BCUT2D eigenvalue weighted by Gasteiger charge is -2.15. The van der Waals surface area contributed by atoms with Gasteiger partial charge in [-0.2, -0.15) is 13.2 Å². The molecule has 110 valence electrons. The average Bonchev–Trinajstić information content (AvgIpc) is 2.42. The first-order chi connectivity index (χ1) is 9.29. The first kappa shape index (κ1) is 16.0. The van der Waals surface area contributed by atoms with Crippen molar-refractivity contribution in [2.75, 3.05) is 7.11 Å². The minimum absolute atomic E-state index is 0.165. The van der Waals surface area contributed by atoms with Gasteiger partial charge in [0.2, 0.25) is 0 Å². The molecule has 7 heteroatoms. The minimum Gasteiger partial charge on any atom is -0.467 e. The van der Waals surface area contributed by atoms with Crippen molar-refractivity contribution < 1.29 is 27.5 Å². The second-order valence-corrected chi connectivity index (χ2v) is 4.04. The largest absolute Gasteiger partial charge is 0.467 e. The summed E-state index contributed by atoms with van der Waals surface area (Å²) in [4.78, 5) is 23.1. The molecule has 1 amide bonds. The number of amides is 1. The van der Waals surface area contributed by atoms with Crippen LogP contribution in [0.15, 0.2) is 24.3 Å². The number of carbonyl (C=O) groups is 2. The summed E-state index contributed by atoms with van der Waals surface area (Å²) in [6, 6.07) is 3.10. The molecule has 0 radical (unpaired) electrons. The molecule has 1 N–H and O–H groups in total. The molecule has 1 rings (SSSR count). The normalized spacial score (nSPS) is 12.7. The van der Waals surface area contributed by atoms with E-state index in [2.05, 4.69) is 10.1 Å². The van der Waals surface area contributed by atoms with Crippen LogP contribution in [-0.2, 0) is 15.7 Å². The zero-order valence-corrected chi connectivity index (χ0v) is 11.0. The van der Waals surface area contributed by atoms with Crippen molar-refractivity contribution in [2.45, 2.75) is 25.6 Å². The van der Waals surface area contributed by atoms with Crippen LogP contribution in [0.4, 0.5) is 13.2 Å². The van der Waals surface area contributed by atoms with E-state index in [9.17, 15) is 22.8 Å². The summed E-state index contributed by atoms with van der Waals surface area (Å²) in [6.45, 7) is 1.65. The van der Waals surface area contributed by atoms with Crippen molar-refractivity contribution in [2.24, 2.45) is 0 Å². The van der Waals surface area contributed by atoms with Crippen molar-refractivity contribution in [3.05, 3.63) is 35.4 Å². The molecule has 0 aliphatic rings. The van der Waals surface area contributed by atoms with Gasteiger partial charge in [-0.1, -0.05) is 13.0 Å². The topological polar surface area (TPSA) is 55.4 Å². The maximum atomic E-state index is 12.5. The van der Waals surface area contributed by atoms with Crippen LogP contribution in [0.1, 0.15) is 29.3 Å². The Balaban J connectivity index is 2.90. The van der Waals surface area contributed by atoms with Gasteiger partial charge in [0.05, 0.1) is 12.7 Å². The Bertz CT molecular complexity index is 500. The Kier molecular flexibility index (Phi) is 5.12. The second-order valence-electron chi connectivity index (χ2n) is 4.04. The molecular formula is C13H14F3NO3. The van der Waals surface area contributed by atoms with Gasteiger partial charge in [-0.3, -0.25) is 4.79 Å². The molecule has 1 aromatic rings. The van der Waals surface area contributed by atoms with E-state index in [1.54, 1.807) is 6.92 Å². The van der Waals surface area contributed by atoms with Crippen molar-refractivity contribution in [3.63, 3.8) is 0 Å². The molecular weight excluding hydrogens is 275 g/mol. The molecule has 0 bridgehead atoms. The first-order valence-electron chi connectivity index (χ1n) is 5.85. The minimum atomic E-state index is -4.53. The first-order valence-corrected chi connectivity index (χ1v) is 5.85. The highest BCUT2D eigenvalue weighted by atomic mass is 19.4. The van der Waals surface area contributed by atoms with Crippen LogP contribution in [0.5, 0.6) is 0 Å². The summed E-state index contributed by atoms with van der Waals surface area (Å²) in [5.41, 5.74) is -1.08. The van der Waals surface area contributed by atoms with E-state index >= 15 is 0 Å². The number of nitrogens with one attached hydrogen (secondary N) is 1. The van der Waals surface area contributed by atoms with Gasteiger partial charge in [0.15, 0.2) is 0 Å². The number of hydrogen-bond donors (Lipinski definition) is 1. The Hall–Kier alpha value is -2.05. The van der Waals surface area contributed by atoms with E-state index in [0.717, 1.165) is 18.2 Å². The maximum absolute atomic E-state index is 12.5. The standard InChI is InChI=1S/C13H14F3NO3/c1-3-10(12(19)20-2)17-11(18)8-5-4-6-9(7-8)13(14,15)16/h4-7,10H,3H2,1-2H3,(H,17,18)/t10-/m0/s1. The number of alkyl halides is 3. The van der Waals surface area contributed by atoms with Gasteiger partial charge in [-0.25, -0.2) is 4.79 Å². The monoisotopic (exact) mass is 289 g/mol. The molecule has 20 heavy (non-hydrogen) atoms. The van der Waals surface area contributed by atoms with Crippen molar-refractivity contribution in [3.8, 4) is 0 Å². The van der Waals surface area contributed by atoms with Gasteiger partial charge in [-0.05, 0) is 24.6 Å². The smallest absolute Gasteiger partial charge is 0.416 e. The third-order valence-corrected chi connectivity index (χ3v) is 2.65. The third-order valence-electron chi connectivity index (χ3n) is 2.65. The molecule has 0 aliphatic heterocycles. The lowest BCUT2D eigenvalue weighted by molar-refractivity contribution is -0.143. The summed E-state index contributed by atoms with van der Waals surface area (Å²) in [5.74, 6) is -1.40. The molecule has 0 fully saturated rings. The third kappa shape index (κ3) is 3.97. The maximum Gasteiger partial charge on any atom is 0.416 e. The summed E-state index contributed by atoms with van der Waals surface area (Å²) < 4.78 is 42.1. The molecule has 0 spiro atoms. The Morgan fingerprint density at radius 1 is 1.35 bits per heavy atom. The van der Waals surface area contributed by atoms with E-state index in [-0.39, 0.29) is 12.0 Å². The van der Waals surface area contributed by atoms with E-state index in [0.29, 0.717) is 0 Å². The molecule has 0 unspecified atom stereocenters. The summed E-state index contributed by atoms with van der Waals surface area (Å²) in [6.07, 6.45) is -4.25. The second kappa shape index (κ2) is 6.40. The van der Waals surface area contributed by atoms with Crippen LogP contribution in [-0.4, -0.2) is 25.0 Å². The molecule has 0 saturated heterocycles. The number of carbonyl (C=O) groups excluding carboxylic acids is 2. The van der Waals surface area contributed by atoms with Crippen LogP contribution in [0.25, 0.3) is 0 Å². The summed E-state index contributed by atoms with van der Waals surface area (Å²) >= 11 is 0. The number of ether oxygens (including phenoxy) is 1. The van der Waals surface area contributed by atoms with Crippen LogP contribution in [0.3, 0.4) is 0 Å². The van der Waals surface area contributed by atoms with E-state index < -0.39 is 29.7 Å². The predicted octanol–water partition coefficient (Wildman–Crippen LogP) is 2.39. The van der Waals surface area contributed by atoms with E-state index in [1.807, 2.05) is 0 Å². The fourth-order valence-corrected chi connectivity index (χ4v) is 1.55. The van der Waals surface area contributed by atoms with Crippen molar-refractivity contribution in [1.82, 2.24) is 5.32 Å². The molecule has 1 aromatic carbocycles. The van der Waals surface area contributed by atoms with Gasteiger partial charge in [0.25, 0.3) is 5.91 Å². The van der Waals surface area contributed by atoms with Crippen LogP contribution in [0, 0.1) is 0 Å². The molecule has 0 aliphatic carbocycles. The Morgan fingerprint density at radius 2 is 2.00 bits per heavy atom. The molecule has 0 heterocycles. The van der Waals surface area contributed by atoms with E-state index in [4.69, 9.17) is 0 Å². The zero-order valence-electron chi connectivity index (χ0n) is 11.0. The van der Waals surface area contributed by atoms with Crippen molar-refractivity contribution in [1.29, 1.82) is 0 Å². The molecule has 1 atom stereocenters. The average molecular weight is 289 g/mol. The van der Waals surface area contributed by atoms with Gasteiger partial charge in [0.1, 0.15) is 6.04 Å². The van der Waals surface area contributed by atoms with Gasteiger partial charge >= 0.3 is 12.1 Å². The number of esters is 1. The number of methoxy groups -OCH3 is 1. The van der Waals surface area contributed by atoms with Gasteiger partial charge in [-0.15, -0.1) is 0 Å². The van der Waals surface area contributed by atoms with Crippen LogP contribution in [0.2, 0.25) is 0 Å². The van der Waals surface area contributed by atoms with Crippen molar-refractivity contribution >= 4 is 11.9 Å². The van der Waals surface area contributed by atoms with E-state index in [1.165, 1.54) is 13.2 Å². The molecule has 4 nitrogen and oxygen atoms in total. The number of hydrogen-bond acceptors (Lipinski definition) is 3. The lowest BCUT2D eigenvalue weighted by Crippen LogP contribution is -2.41. The highest BCUT2D eigenvalue weighted by Gasteiger charge is 2.31. The van der Waals surface area contributed by atoms with Crippen LogP contribution < -0.4 is 5.32 Å². The van der Waals surface area contributed by atoms with Crippen LogP contribution >= 0.6 is 0 Å². The fourth-order valence-electron chi connectivity index (χ4n) is 1.55. The Labute approximate surface area is 113 Å². The summed E-state index contributed by atoms with van der Waals surface area (Å²) in [7, 11) is 1.17. The number of halogens is 3. The Morgan fingerprint density at radius 3 is 2.50 bits per heavy atom. The molecule has 0 aromatic heterocycles. The van der Waals surface area contributed by atoms with Gasteiger partial charge < -0.3 is 10.1 Å². The van der Waals surface area contributed by atoms with Gasteiger partial charge in [0, 0.05) is 5.56 Å². The SMILES string of the molecule is CC[C@H](NC(=O)c1cccc(C(F)(F)F)c1)C(=O)OC. The zero-order chi connectivity index (χ0) is 15.3. The highest BCUT2D eigenvalue weighted by molar-refractivity contribution is 5.96. The summed E-state index contributed by atoms with van der Waals surface area (Å²) in [5, 5.41) is 2.33. The number of benzene rings is 1. The fraction of sp³-hybridized carbons (Fsp3) is 0.385. The molecule has 0 saturated carbocycles. The quantitative estimate of drug-likeness (QED) is 0.866. The number of rotatable bonds is 4. The predicted molar refractivity (Wildman–Crippen MR) is 65.0 cm³/mol.